The van der Waals surface area contributed by atoms with Crippen molar-refractivity contribution in [3.05, 3.63) is 35.9 Å². The number of carbonyl (C=O) groups excluding carboxylic acids is 3. The Morgan fingerprint density at radius 3 is 2.22 bits per heavy atom. The smallest absolute Gasteiger partial charge is 0.317 e. The van der Waals surface area contributed by atoms with E-state index in [0.29, 0.717) is 31.5 Å². The van der Waals surface area contributed by atoms with Crippen LogP contribution in [0.4, 0.5) is 4.79 Å². The number of piperidine rings is 2. The molecule has 0 spiro atoms. The molecule has 176 valence electrons. The molecule has 32 heavy (non-hydrogen) atoms. The van der Waals surface area contributed by atoms with E-state index in [1.807, 2.05) is 48.8 Å². The van der Waals surface area contributed by atoms with E-state index < -0.39 is 6.04 Å². The van der Waals surface area contributed by atoms with Crippen molar-refractivity contribution in [1.29, 1.82) is 0 Å². The summed E-state index contributed by atoms with van der Waals surface area (Å²) in [5.74, 6) is -0.205. The first-order valence-corrected chi connectivity index (χ1v) is 11.9. The van der Waals surface area contributed by atoms with Gasteiger partial charge in [-0.25, -0.2) is 4.79 Å². The number of urea groups is 1. The Kier molecular flexibility index (Phi) is 7.80. The van der Waals surface area contributed by atoms with Crippen LogP contribution in [0.25, 0.3) is 0 Å². The van der Waals surface area contributed by atoms with E-state index in [-0.39, 0.29) is 35.3 Å². The Balaban J connectivity index is 1.72. The van der Waals surface area contributed by atoms with Gasteiger partial charge >= 0.3 is 6.03 Å². The lowest BCUT2D eigenvalue weighted by Crippen LogP contribution is -2.58. The molecule has 3 rings (SSSR count). The van der Waals surface area contributed by atoms with E-state index in [1.165, 1.54) is 0 Å². The second-order valence-corrected chi connectivity index (χ2v) is 10.2. The highest BCUT2D eigenvalue weighted by Gasteiger charge is 2.38. The zero-order chi connectivity index (χ0) is 23.3. The summed E-state index contributed by atoms with van der Waals surface area (Å²) in [6.45, 7) is 9.87. The maximum atomic E-state index is 13.6. The van der Waals surface area contributed by atoms with E-state index in [2.05, 4.69) is 17.6 Å². The summed E-state index contributed by atoms with van der Waals surface area (Å²) in [4.78, 5) is 42.8. The van der Waals surface area contributed by atoms with Crippen molar-refractivity contribution in [1.82, 2.24) is 20.4 Å². The minimum absolute atomic E-state index is 0.00276. The molecular formula is C25H38N4O3. The summed E-state index contributed by atoms with van der Waals surface area (Å²) in [6.07, 6.45) is 4.50. The molecule has 0 radical (unpaired) electrons. The lowest BCUT2D eigenvalue weighted by Gasteiger charge is -2.41. The molecule has 1 aromatic carbocycles. The van der Waals surface area contributed by atoms with Crippen LogP contribution in [-0.2, 0) is 4.79 Å². The number of nitrogens with one attached hydrogen (secondary N) is 2. The fourth-order valence-corrected chi connectivity index (χ4v) is 4.64. The fourth-order valence-electron chi connectivity index (χ4n) is 4.64. The van der Waals surface area contributed by atoms with Crippen LogP contribution in [0.3, 0.4) is 0 Å². The van der Waals surface area contributed by atoms with Gasteiger partial charge in [0.1, 0.15) is 6.04 Å². The third-order valence-corrected chi connectivity index (χ3v) is 6.45. The number of amides is 4. The van der Waals surface area contributed by atoms with Crippen LogP contribution in [0.1, 0.15) is 70.2 Å². The van der Waals surface area contributed by atoms with Gasteiger partial charge in [0.25, 0.3) is 5.91 Å². The molecule has 0 unspecified atom stereocenters. The third-order valence-electron chi connectivity index (χ3n) is 6.45. The molecular weight excluding hydrogens is 404 g/mol. The first-order chi connectivity index (χ1) is 15.2. The Bertz CT molecular complexity index is 797. The minimum Gasteiger partial charge on any atom is -0.340 e. The van der Waals surface area contributed by atoms with Gasteiger partial charge < -0.3 is 20.4 Å². The summed E-state index contributed by atoms with van der Waals surface area (Å²) in [5, 5.41) is 6.06. The van der Waals surface area contributed by atoms with Crippen LogP contribution in [0.2, 0.25) is 0 Å². The maximum Gasteiger partial charge on any atom is 0.317 e. The van der Waals surface area contributed by atoms with E-state index in [4.69, 9.17) is 0 Å². The Labute approximate surface area is 191 Å². The van der Waals surface area contributed by atoms with Crippen LogP contribution >= 0.6 is 0 Å². The Morgan fingerprint density at radius 2 is 1.62 bits per heavy atom. The number of benzene rings is 1. The molecule has 0 bridgehead atoms. The highest BCUT2D eigenvalue weighted by molar-refractivity contribution is 5.97. The molecule has 2 heterocycles. The van der Waals surface area contributed by atoms with Crippen molar-refractivity contribution in [3.8, 4) is 0 Å². The van der Waals surface area contributed by atoms with Crippen molar-refractivity contribution in [2.75, 3.05) is 19.6 Å². The van der Waals surface area contributed by atoms with Gasteiger partial charge in [0.05, 0.1) is 0 Å². The van der Waals surface area contributed by atoms with Gasteiger partial charge in [0.15, 0.2) is 0 Å². The van der Waals surface area contributed by atoms with Gasteiger partial charge in [-0.3, -0.25) is 9.59 Å². The van der Waals surface area contributed by atoms with Crippen LogP contribution in [0, 0.1) is 5.92 Å². The molecule has 2 aliphatic rings. The van der Waals surface area contributed by atoms with Gasteiger partial charge in [-0.15, -0.1) is 0 Å². The average Bonchev–Trinajstić information content (AvgIpc) is 2.77. The topological polar surface area (TPSA) is 81.8 Å². The largest absolute Gasteiger partial charge is 0.340 e. The van der Waals surface area contributed by atoms with Crippen LogP contribution in [0.15, 0.2) is 30.3 Å². The monoisotopic (exact) mass is 442 g/mol. The highest BCUT2D eigenvalue weighted by Crippen LogP contribution is 2.26. The zero-order valence-electron chi connectivity index (χ0n) is 19.9. The maximum absolute atomic E-state index is 13.6. The molecule has 2 saturated heterocycles. The lowest BCUT2D eigenvalue weighted by atomic mass is 9.87. The molecule has 2 aliphatic heterocycles. The molecule has 2 fully saturated rings. The van der Waals surface area contributed by atoms with Crippen molar-refractivity contribution in [2.45, 2.75) is 77.4 Å². The van der Waals surface area contributed by atoms with Gasteiger partial charge in [0, 0.05) is 36.8 Å². The Hall–Kier alpha value is -2.57. The summed E-state index contributed by atoms with van der Waals surface area (Å²) in [6, 6.07) is 8.58. The average molecular weight is 443 g/mol. The molecule has 4 amide bonds. The normalized spacial score (nSPS) is 21.1. The second-order valence-electron chi connectivity index (χ2n) is 10.2. The second kappa shape index (κ2) is 10.4. The van der Waals surface area contributed by atoms with Gasteiger partial charge in [-0.1, -0.05) is 18.2 Å². The highest BCUT2D eigenvalue weighted by atomic mass is 16.2. The summed E-state index contributed by atoms with van der Waals surface area (Å²) in [7, 11) is 0. The molecule has 0 saturated carbocycles. The molecule has 0 aromatic heterocycles. The molecule has 2 atom stereocenters. The molecule has 0 aliphatic carbocycles. The first-order valence-electron chi connectivity index (χ1n) is 11.9. The summed E-state index contributed by atoms with van der Waals surface area (Å²) >= 11 is 0. The predicted molar refractivity (Wildman–Crippen MR) is 125 cm³/mol. The van der Waals surface area contributed by atoms with Crippen LogP contribution in [0.5, 0.6) is 0 Å². The first kappa shape index (κ1) is 24.1. The van der Waals surface area contributed by atoms with Crippen LogP contribution < -0.4 is 10.6 Å². The van der Waals surface area contributed by atoms with Crippen molar-refractivity contribution >= 4 is 17.8 Å². The lowest BCUT2D eigenvalue weighted by molar-refractivity contribution is -0.138. The summed E-state index contributed by atoms with van der Waals surface area (Å²) in [5.41, 5.74) is 0.263. The zero-order valence-corrected chi connectivity index (χ0v) is 19.9. The van der Waals surface area contributed by atoms with Crippen molar-refractivity contribution in [2.24, 2.45) is 5.92 Å². The molecule has 1 aromatic rings. The number of carbonyl (C=O) groups is 3. The number of hydrogen-bond acceptors (Lipinski definition) is 3. The summed E-state index contributed by atoms with van der Waals surface area (Å²) < 4.78 is 0. The minimum atomic E-state index is -0.573. The number of nitrogens with zero attached hydrogens (tertiary/aromatic N) is 2. The quantitative estimate of drug-likeness (QED) is 0.750. The predicted octanol–water partition coefficient (Wildman–Crippen LogP) is 3.41. The molecule has 2 N–H and O–H groups in total. The van der Waals surface area contributed by atoms with Crippen LogP contribution in [-0.4, -0.2) is 64.9 Å². The number of likely N-dealkylation sites (tertiary alicyclic amines) is 2. The van der Waals surface area contributed by atoms with Crippen molar-refractivity contribution in [3.63, 3.8) is 0 Å². The standard InChI is InChI=1S/C25H38N4O3/c1-18-10-8-9-15-29(18)23(31)21(26-22(30)20-11-6-5-7-12-20)19-13-16-28(17-14-19)24(32)27-25(2,3)4/h5-7,11-12,18-19,21H,8-10,13-17H2,1-4H3,(H,26,30)(H,27,32)/t18-,21-/m1/s1. The molecule has 7 nitrogen and oxygen atoms in total. The van der Waals surface area contributed by atoms with E-state index in [0.717, 1.165) is 25.8 Å². The van der Waals surface area contributed by atoms with Gasteiger partial charge in [-0.05, 0) is 77.8 Å². The molecule has 7 heteroatoms. The Morgan fingerprint density at radius 1 is 0.969 bits per heavy atom. The van der Waals surface area contributed by atoms with E-state index >= 15 is 0 Å². The fraction of sp³-hybridized carbons (Fsp3) is 0.640. The van der Waals surface area contributed by atoms with E-state index in [1.54, 1.807) is 12.1 Å². The SMILES string of the molecule is C[C@@H]1CCCCN1C(=O)[C@H](NC(=O)c1ccccc1)C1CCN(C(=O)NC(C)(C)C)CC1. The number of rotatable bonds is 4. The third kappa shape index (κ3) is 6.24. The van der Waals surface area contributed by atoms with Gasteiger partial charge in [0.2, 0.25) is 5.91 Å². The van der Waals surface area contributed by atoms with E-state index in [9.17, 15) is 14.4 Å². The van der Waals surface area contributed by atoms with Gasteiger partial charge in [-0.2, -0.15) is 0 Å². The van der Waals surface area contributed by atoms with Crippen molar-refractivity contribution < 1.29 is 14.4 Å². The number of hydrogen-bond donors (Lipinski definition) is 2.